The molecule has 0 bridgehead atoms. The van der Waals surface area contributed by atoms with Gasteiger partial charge in [-0.05, 0) is 41.1 Å². The van der Waals surface area contributed by atoms with E-state index >= 15 is 0 Å². The van der Waals surface area contributed by atoms with Crippen LogP contribution in [-0.2, 0) is 6.54 Å². The van der Waals surface area contributed by atoms with Crippen molar-refractivity contribution in [2.24, 2.45) is 0 Å². The standard InChI is InChI=1S/C12H12BrClN4O/c1-2-18-6-9(15)11(17-18)12(19)16-10-5-7(14)3-4-8(10)13/h3-6H,2,15H2,1H3,(H,16,19). The summed E-state index contributed by atoms with van der Waals surface area (Å²) in [5, 5.41) is 7.36. The van der Waals surface area contributed by atoms with Crippen molar-refractivity contribution in [1.82, 2.24) is 9.78 Å². The van der Waals surface area contributed by atoms with Gasteiger partial charge < -0.3 is 11.1 Å². The number of aromatic nitrogens is 2. The van der Waals surface area contributed by atoms with Crippen molar-refractivity contribution in [2.75, 3.05) is 11.1 Å². The van der Waals surface area contributed by atoms with Gasteiger partial charge in [-0.3, -0.25) is 9.48 Å². The van der Waals surface area contributed by atoms with Crippen molar-refractivity contribution in [2.45, 2.75) is 13.5 Å². The predicted molar refractivity (Wildman–Crippen MR) is 79.4 cm³/mol. The molecule has 3 N–H and O–H groups in total. The highest BCUT2D eigenvalue weighted by atomic mass is 79.9. The summed E-state index contributed by atoms with van der Waals surface area (Å²) in [5.41, 5.74) is 6.88. The third kappa shape index (κ3) is 3.08. The van der Waals surface area contributed by atoms with Crippen LogP contribution in [-0.4, -0.2) is 15.7 Å². The van der Waals surface area contributed by atoms with E-state index in [0.717, 1.165) is 4.47 Å². The van der Waals surface area contributed by atoms with Crippen molar-refractivity contribution < 1.29 is 4.79 Å². The third-order valence-electron chi connectivity index (χ3n) is 2.51. The molecule has 0 spiro atoms. The molecule has 0 aliphatic carbocycles. The number of hydrogen-bond donors (Lipinski definition) is 2. The van der Waals surface area contributed by atoms with E-state index in [1.807, 2.05) is 6.92 Å². The SMILES string of the molecule is CCn1cc(N)c(C(=O)Nc2cc(Cl)ccc2Br)n1. The molecule has 0 unspecified atom stereocenters. The molecule has 2 rings (SSSR count). The maximum absolute atomic E-state index is 12.1. The monoisotopic (exact) mass is 342 g/mol. The topological polar surface area (TPSA) is 72.9 Å². The molecular formula is C12H12BrClN4O. The van der Waals surface area contributed by atoms with E-state index in [4.69, 9.17) is 17.3 Å². The molecule has 0 aliphatic rings. The summed E-state index contributed by atoms with van der Waals surface area (Å²) in [6.07, 6.45) is 1.63. The summed E-state index contributed by atoms with van der Waals surface area (Å²) in [6.45, 7) is 2.57. The fraction of sp³-hybridized carbons (Fsp3) is 0.167. The van der Waals surface area contributed by atoms with Gasteiger partial charge in [0.2, 0.25) is 0 Å². The Labute approximate surface area is 123 Å². The number of aryl methyl sites for hydroxylation is 1. The average Bonchev–Trinajstić information content (AvgIpc) is 2.75. The lowest BCUT2D eigenvalue weighted by Crippen LogP contribution is -2.15. The summed E-state index contributed by atoms with van der Waals surface area (Å²) in [5.74, 6) is -0.368. The summed E-state index contributed by atoms with van der Waals surface area (Å²) >= 11 is 9.23. The second kappa shape index (κ2) is 5.63. The predicted octanol–water partition coefficient (Wildman–Crippen LogP) is 3.15. The van der Waals surface area contributed by atoms with Gasteiger partial charge in [0.25, 0.3) is 5.91 Å². The van der Waals surface area contributed by atoms with E-state index in [0.29, 0.717) is 22.9 Å². The van der Waals surface area contributed by atoms with E-state index < -0.39 is 0 Å². The minimum Gasteiger partial charge on any atom is -0.396 e. The first-order valence-electron chi connectivity index (χ1n) is 5.60. The first kappa shape index (κ1) is 13.9. The lowest BCUT2D eigenvalue weighted by Gasteiger charge is -2.06. The Morgan fingerprint density at radius 2 is 2.32 bits per heavy atom. The quantitative estimate of drug-likeness (QED) is 0.899. The van der Waals surface area contributed by atoms with Gasteiger partial charge in [-0.25, -0.2) is 0 Å². The molecule has 1 heterocycles. The Morgan fingerprint density at radius 1 is 1.58 bits per heavy atom. The van der Waals surface area contributed by atoms with E-state index in [-0.39, 0.29) is 11.6 Å². The van der Waals surface area contributed by atoms with E-state index in [1.54, 1.807) is 29.1 Å². The van der Waals surface area contributed by atoms with Crippen LogP contribution in [0.5, 0.6) is 0 Å². The smallest absolute Gasteiger partial charge is 0.278 e. The fourth-order valence-electron chi connectivity index (χ4n) is 1.55. The summed E-state index contributed by atoms with van der Waals surface area (Å²) in [4.78, 5) is 12.1. The Morgan fingerprint density at radius 3 is 2.95 bits per heavy atom. The van der Waals surface area contributed by atoms with Crippen LogP contribution >= 0.6 is 27.5 Å². The molecule has 100 valence electrons. The van der Waals surface area contributed by atoms with Crippen LogP contribution in [0.15, 0.2) is 28.9 Å². The largest absolute Gasteiger partial charge is 0.396 e. The van der Waals surface area contributed by atoms with Gasteiger partial charge in [0, 0.05) is 22.2 Å². The van der Waals surface area contributed by atoms with Gasteiger partial charge in [0.15, 0.2) is 5.69 Å². The molecular weight excluding hydrogens is 332 g/mol. The van der Waals surface area contributed by atoms with Crippen LogP contribution in [0, 0.1) is 0 Å². The third-order valence-corrected chi connectivity index (χ3v) is 3.43. The van der Waals surface area contributed by atoms with E-state index in [9.17, 15) is 4.79 Å². The molecule has 7 heteroatoms. The molecule has 1 aromatic carbocycles. The number of nitrogens with two attached hydrogens (primary N) is 1. The van der Waals surface area contributed by atoms with Crippen molar-refractivity contribution in [3.63, 3.8) is 0 Å². The van der Waals surface area contributed by atoms with Gasteiger partial charge in [-0.2, -0.15) is 5.10 Å². The highest BCUT2D eigenvalue weighted by Crippen LogP contribution is 2.26. The Kier molecular flexibility index (Phi) is 4.11. The first-order valence-corrected chi connectivity index (χ1v) is 6.77. The molecule has 5 nitrogen and oxygen atoms in total. The fourth-order valence-corrected chi connectivity index (χ4v) is 2.07. The second-order valence-corrected chi connectivity index (χ2v) is 5.16. The first-order chi connectivity index (χ1) is 9.01. The van der Waals surface area contributed by atoms with Crippen molar-refractivity contribution >= 4 is 44.8 Å². The minimum absolute atomic E-state index is 0.203. The Hall–Kier alpha value is -1.53. The van der Waals surface area contributed by atoms with E-state index in [2.05, 4.69) is 26.3 Å². The lowest BCUT2D eigenvalue weighted by molar-refractivity contribution is 0.102. The van der Waals surface area contributed by atoms with Crippen molar-refractivity contribution in [3.05, 3.63) is 39.6 Å². The zero-order valence-electron chi connectivity index (χ0n) is 10.2. The molecule has 0 saturated carbocycles. The lowest BCUT2D eigenvalue weighted by atomic mass is 10.3. The highest BCUT2D eigenvalue weighted by molar-refractivity contribution is 9.10. The van der Waals surface area contributed by atoms with Gasteiger partial charge in [-0.15, -0.1) is 0 Å². The molecule has 0 aliphatic heterocycles. The van der Waals surface area contributed by atoms with Crippen LogP contribution in [0.2, 0.25) is 5.02 Å². The number of nitrogen functional groups attached to an aromatic ring is 1. The molecule has 1 amide bonds. The highest BCUT2D eigenvalue weighted by Gasteiger charge is 2.15. The maximum atomic E-state index is 12.1. The van der Waals surface area contributed by atoms with Crippen molar-refractivity contribution in [3.8, 4) is 0 Å². The van der Waals surface area contributed by atoms with Gasteiger partial charge in [0.1, 0.15) is 0 Å². The molecule has 19 heavy (non-hydrogen) atoms. The molecule has 1 aromatic heterocycles. The molecule has 0 saturated heterocycles. The number of benzene rings is 1. The molecule has 2 aromatic rings. The zero-order chi connectivity index (χ0) is 14.0. The number of halogens is 2. The number of anilines is 2. The van der Waals surface area contributed by atoms with E-state index in [1.165, 1.54) is 0 Å². The van der Waals surface area contributed by atoms with Crippen LogP contribution in [0.4, 0.5) is 11.4 Å². The molecule has 0 radical (unpaired) electrons. The molecule has 0 fully saturated rings. The number of amides is 1. The van der Waals surface area contributed by atoms with Gasteiger partial charge in [-0.1, -0.05) is 11.6 Å². The minimum atomic E-state index is -0.368. The number of carbonyl (C=O) groups is 1. The second-order valence-electron chi connectivity index (χ2n) is 3.87. The van der Waals surface area contributed by atoms with Crippen molar-refractivity contribution in [1.29, 1.82) is 0 Å². The van der Waals surface area contributed by atoms with Crippen LogP contribution in [0.25, 0.3) is 0 Å². The number of nitrogens with one attached hydrogen (secondary N) is 1. The number of carbonyl (C=O) groups excluding carboxylic acids is 1. The summed E-state index contributed by atoms with van der Waals surface area (Å²) in [6, 6.07) is 5.13. The molecule has 0 atom stereocenters. The normalized spacial score (nSPS) is 10.5. The maximum Gasteiger partial charge on any atom is 0.278 e. The number of nitrogens with zero attached hydrogens (tertiary/aromatic N) is 2. The Balaban J connectivity index is 2.25. The summed E-state index contributed by atoms with van der Waals surface area (Å²) < 4.78 is 2.34. The average molecular weight is 344 g/mol. The van der Waals surface area contributed by atoms with Gasteiger partial charge >= 0.3 is 0 Å². The summed E-state index contributed by atoms with van der Waals surface area (Å²) in [7, 11) is 0. The number of hydrogen-bond acceptors (Lipinski definition) is 3. The van der Waals surface area contributed by atoms with Crippen LogP contribution in [0.3, 0.4) is 0 Å². The van der Waals surface area contributed by atoms with Crippen LogP contribution in [0.1, 0.15) is 17.4 Å². The van der Waals surface area contributed by atoms with Crippen LogP contribution < -0.4 is 11.1 Å². The number of rotatable bonds is 3. The van der Waals surface area contributed by atoms with Gasteiger partial charge in [0.05, 0.1) is 11.4 Å². The zero-order valence-corrected chi connectivity index (χ0v) is 12.5. The Bertz CT molecular complexity index is 626.